The van der Waals surface area contributed by atoms with Gasteiger partial charge < -0.3 is 5.32 Å². The number of nitrogens with zero attached hydrogens (tertiary/aromatic N) is 4. The van der Waals surface area contributed by atoms with E-state index in [9.17, 15) is 19.2 Å². The van der Waals surface area contributed by atoms with E-state index in [4.69, 9.17) is 0 Å². The third kappa shape index (κ3) is 4.13. The van der Waals surface area contributed by atoms with Gasteiger partial charge in [-0.05, 0) is 46.1 Å². The van der Waals surface area contributed by atoms with Crippen LogP contribution in [0.3, 0.4) is 0 Å². The Bertz CT molecular complexity index is 1250. The van der Waals surface area contributed by atoms with Crippen LogP contribution in [0.25, 0.3) is 11.2 Å². The maximum atomic E-state index is 12.8. The number of carbonyl (C=O) groups is 2. The highest BCUT2D eigenvalue weighted by Gasteiger charge is 2.20. The van der Waals surface area contributed by atoms with Gasteiger partial charge in [0.05, 0.1) is 6.54 Å². The lowest BCUT2D eigenvalue weighted by molar-refractivity contribution is -0.116. The van der Waals surface area contributed by atoms with Gasteiger partial charge in [0.25, 0.3) is 5.56 Å². The summed E-state index contributed by atoms with van der Waals surface area (Å²) in [5, 5.41) is 2.80. The van der Waals surface area contributed by atoms with Crippen LogP contribution in [-0.4, -0.2) is 30.4 Å². The van der Waals surface area contributed by atoms with Gasteiger partial charge in [-0.15, -0.1) is 0 Å². The topological polar surface area (TPSA) is 108 Å². The number of halogens is 1. The molecular formula is C20H22BrN5O4. The number of hydrogen-bond acceptors (Lipinski definition) is 5. The molecule has 0 aliphatic rings. The number of anilines is 1. The number of aryl methyl sites for hydroxylation is 1. The summed E-state index contributed by atoms with van der Waals surface area (Å²) in [7, 11) is 2.90. The van der Waals surface area contributed by atoms with E-state index < -0.39 is 11.2 Å². The second-order valence-corrected chi connectivity index (χ2v) is 8.20. The van der Waals surface area contributed by atoms with E-state index in [1.807, 2.05) is 13.8 Å². The Morgan fingerprint density at radius 1 is 1.10 bits per heavy atom. The van der Waals surface area contributed by atoms with E-state index >= 15 is 0 Å². The molecule has 3 rings (SSSR count). The number of aromatic nitrogens is 4. The third-order valence-electron chi connectivity index (χ3n) is 4.68. The highest BCUT2D eigenvalue weighted by atomic mass is 79.9. The molecule has 3 aromatic rings. The monoisotopic (exact) mass is 475 g/mol. The molecule has 0 unspecified atom stereocenters. The van der Waals surface area contributed by atoms with Crippen molar-refractivity contribution >= 4 is 44.5 Å². The molecule has 0 saturated carbocycles. The summed E-state index contributed by atoms with van der Waals surface area (Å²) >= 11 is 3.27. The van der Waals surface area contributed by atoms with Crippen LogP contribution in [0, 0.1) is 5.92 Å². The van der Waals surface area contributed by atoms with E-state index in [1.165, 1.54) is 23.2 Å². The van der Waals surface area contributed by atoms with Crippen molar-refractivity contribution in [3.8, 4) is 0 Å². The summed E-state index contributed by atoms with van der Waals surface area (Å²) in [5.41, 5.74) is 0.372. The first-order chi connectivity index (χ1) is 14.1. The summed E-state index contributed by atoms with van der Waals surface area (Å²) in [6, 6.07) is 6.58. The molecule has 10 heteroatoms. The maximum absolute atomic E-state index is 12.8. The molecule has 0 saturated heterocycles. The van der Waals surface area contributed by atoms with Gasteiger partial charge in [-0.2, -0.15) is 0 Å². The molecular weight excluding hydrogens is 454 g/mol. The van der Waals surface area contributed by atoms with Gasteiger partial charge >= 0.3 is 5.69 Å². The summed E-state index contributed by atoms with van der Waals surface area (Å²) in [6.45, 7) is 3.81. The smallest absolute Gasteiger partial charge is 0.326 e. The molecule has 0 fully saturated rings. The van der Waals surface area contributed by atoms with Crippen LogP contribution in [0.5, 0.6) is 0 Å². The van der Waals surface area contributed by atoms with Crippen LogP contribution in [0.15, 0.2) is 38.6 Å². The van der Waals surface area contributed by atoms with Crippen LogP contribution in [0.1, 0.15) is 30.6 Å². The van der Waals surface area contributed by atoms with Crippen molar-refractivity contribution in [2.45, 2.75) is 26.8 Å². The Kier molecular flexibility index (Phi) is 6.06. The predicted molar refractivity (Wildman–Crippen MR) is 117 cm³/mol. The standard InChI is InChI=1S/C20H22BrN5O4/c1-11(2)9-15(28)22-13-7-5-12(6-8-13)14(27)10-26-17-16(23-19(26)21)18(29)25(4)20(30)24(17)3/h5-8,11H,9-10H2,1-4H3,(H,22,28). The second-order valence-electron chi connectivity index (χ2n) is 7.49. The summed E-state index contributed by atoms with van der Waals surface area (Å²) in [4.78, 5) is 53.5. The zero-order valence-electron chi connectivity index (χ0n) is 17.1. The molecule has 2 aromatic heterocycles. The SMILES string of the molecule is CC(C)CC(=O)Nc1ccc(C(=O)Cn2c(Br)nc3c(=O)n(C)c(=O)n(C)c32)cc1. The number of Topliss-reactive ketones (excluding diaryl/α,β-unsaturated/α-hetero) is 1. The first-order valence-corrected chi connectivity index (χ1v) is 10.1. The third-order valence-corrected chi connectivity index (χ3v) is 5.28. The average Bonchev–Trinajstić information content (AvgIpc) is 3.01. The van der Waals surface area contributed by atoms with Gasteiger partial charge in [0.15, 0.2) is 21.7 Å². The summed E-state index contributed by atoms with van der Waals surface area (Å²) < 4.78 is 4.02. The van der Waals surface area contributed by atoms with Gasteiger partial charge in [0.2, 0.25) is 5.91 Å². The van der Waals surface area contributed by atoms with Crippen LogP contribution in [0.2, 0.25) is 0 Å². The molecule has 158 valence electrons. The molecule has 9 nitrogen and oxygen atoms in total. The highest BCUT2D eigenvalue weighted by molar-refractivity contribution is 9.10. The molecule has 0 aliphatic heterocycles. The Morgan fingerprint density at radius 2 is 1.73 bits per heavy atom. The number of ketones is 1. The molecule has 0 spiro atoms. The molecule has 1 amide bonds. The zero-order valence-corrected chi connectivity index (χ0v) is 18.7. The zero-order chi connectivity index (χ0) is 22.2. The van der Waals surface area contributed by atoms with Crippen molar-refractivity contribution in [2.24, 2.45) is 20.0 Å². The first-order valence-electron chi connectivity index (χ1n) is 9.35. The van der Waals surface area contributed by atoms with Crippen molar-refractivity contribution in [3.63, 3.8) is 0 Å². The fraction of sp³-hybridized carbons (Fsp3) is 0.350. The average molecular weight is 476 g/mol. The Hall–Kier alpha value is -3.01. The molecule has 1 aromatic carbocycles. The summed E-state index contributed by atoms with van der Waals surface area (Å²) in [6.07, 6.45) is 0.417. The molecule has 1 N–H and O–H groups in total. The minimum atomic E-state index is -0.526. The second kappa shape index (κ2) is 8.39. The Labute approximate surface area is 180 Å². The largest absolute Gasteiger partial charge is 0.332 e. The van der Waals surface area contributed by atoms with Gasteiger partial charge in [-0.25, -0.2) is 9.78 Å². The van der Waals surface area contributed by atoms with E-state index in [-0.39, 0.29) is 40.1 Å². The molecule has 0 atom stereocenters. The summed E-state index contributed by atoms with van der Waals surface area (Å²) in [5.74, 6) is -0.0642. The normalized spacial score (nSPS) is 11.3. The minimum absolute atomic E-state index is 0.0830. The van der Waals surface area contributed by atoms with Crippen molar-refractivity contribution in [3.05, 3.63) is 55.4 Å². The van der Waals surface area contributed by atoms with Crippen molar-refractivity contribution < 1.29 is 9.59 Å². The van der Waals surface area contributed by atoms with Gasteiger partial charge in [0, 0.05) is 31.8 Å². The van der Waals surface area contributed by atoms with Crippen LogP contribution in [-0.2, 0) is 25.4 Å². The number of amides is 1. The van der Waals surface area contributed by atoms with E-state index in [1.54, 1.807) is 24.3 Å². The molecule has 0 bridgehead atoms. The molecule has 0 radical (unpaired) electrons. The lowest BCUT2D eigenvalue weighted by Gasteiger charge is -2.10. The van der Waals surface area contributed by atoms with Gasteiger partial charge in [0.1, 0.15) is 0 Å². The lowest BCUT2D eigenvalue weighted by Crippen LogP contribution is -2.37. The Balaban J connectivity index is 1.87. The number of imidazole rings is 1. The fourth-order valence-electron chi connectivity index (χ4n) is 3.16. The van der Waals surface area contributed by atoms with Crippen LogP contribution >= 0.6 is 15.9 Å². The number of benzene rings is 1. The number of carbonyl (C=O) groups excluding carboxylic acids is 2. The van der Waals surface area contributed by atoms with E-state index in [0.29, 0.717) is 17.7 Å². The number of hydrogen-bond donors (Lipinski definition) is 1. The van der Waals surface area contributed by atoms with Crippen molar-refractivity contribution in [2.75, 3.05) is 5.32 Å². The Morgan fingerprint density at radius 3 is 2.33 bits per heavy atom. The first kappa shape index (κ1) is 21.7. The van der Waals surface area contributed by atoms with Crippen LogP contribution in [0.4, 0.5) is 5.69 Å². The van der Waals surface area contributed by atoms with E-state index in [0.717, 1.165) is 4.57 Å². The molecule has 0 aliphatic carbocycles. The molecule has 2 heterocycles. The number of fused-ring (bicyclic) bond motifs is 1. The van der Waals surface area contributed by atoms with Crippen LogP contribution < -0.4 is 16.6 Å². The van der Waals surface area contributed by atoms with Gasteiger partial charge in [-0.1, -0.05) is 13.8 Å². The van der Waals surface area contributed by atoms with Gasteiger partial charge in [-0.3, -0.25) is 28.1 Å². The minimum Gasteiger partial charge on any atom is -0.326 e. The quantitative estimate of drug-likeness (QED) is 0.433. The predicted octanol–water partition coefficient (Wildman–Crippen LogP) is 2.06. The van der Waals surface area contributed by atoms with Crippen molar-refractivity contribution in [1.29, 1.82) is 0 Å². The van der Waals surface area contributed by atoms with E-state index in [2.05, 4.69) is 26.2 Å². The number of rotatable bonds is 6. The van der Waals surface area contributed by atoms with Crippen molar-refractivity contribution in [1.82, 2.24) is 18.7 Å². The fourth-order valence-corrected chi connectivity index (χ4v) is 3.63. The highest BCUT2D eigenvalue weighted by Crippen LogP contribution is 2.18. The molecule has 30 heavy (non-hydrogen) atoms. The number of nitrogens with one attached hydrogen (secondary N) is 1. The lowest BCUT2D eigenvalue weighted by atomic mass is 10.1. The maximum Gasteiger partial charge on any atom is 0.332 e.